The molecular weight excluding hydrogens is 388 g/mol. The van der Waals surface area contributed by atoms with Gasteiger partial charge in [0.1, 0.15) is 0 Å². The Morgan fingerprint density at radius 1 is 1.00 bits per heavy atom. The first-order valence-electron chi connectivity index (χ1n) is 9.78. The minimum atomic E-state index is -1.10. The lowest BCUT2D eigenvalue weighted by Crippen LogP contribution is -2.25. The van der Waals surface area contributed by atoms with Gasteiger partial charge in [0.25, 0.3) is 5.91 Å². The Hall–Kier alpha value is -4.17. The highest BCUT2D eigenvalue weighted by molar-refractivity contribution is 5.98. The fraction of sp³-hybridized carbons (Fsp3) is 0.115. The van der Waals surface area contributed by atoms with E-state index in [-0.39, 0.29) is 0 Å². The number of aryl methyl sites for hydroxylation is 2. The minimum Gasteiger partial charge on any atom is -0.444 e. The zero-order valence-corrected chi connectivity index (χ0v) is 17.3. The number of carbonyl (C=O) groups is 2. The molecule has 0 heterocycles. The number of benzene rings is 3. The van der Waals surface area contributed by atoms with E-state index in [1.807, 2.05) is 44.2 Å². The van der Waals surface area contributed by atoms with Gasteiger partial charge in [-0.3, -0.25) is 4.79 Å². The van der Waals surface area contributed by atoms with E-state index in [2.05, 4.69) is 5.32 Å². The summed E-state index contributed by atoms with van der Waals surface area (Å²) < 4.78 is 5.52. The van der Waals surface area contributed by atoms with Crippen molar-refractivity contribution in [3.8, 4) is 6.07 Å². The van der Waals surface area contributed by atoms with Crippen molar-refractivity contribution in [1.82, 2.24) is 0 Å². The zero-order valence-electron chi connectivity index (χ0n) is 17.3. The van der Waals surface area contributed by atoms with Crippen LogP contribution in [0.5, 0.6) is 0 Å². The van der Waals surface area contributed by atoms with E-state index in [1.54, 1.807) is 54.6 Å². The summed E-state index contributed by atoms with van der Waals surface area (Å²) in [5.74, 6) is -1.07. The highest BCUT2D eigenvalue weighted by Gasteiger charge is 2.24. The SMILES string of the molecule is Cc1ccc(C)c(NC(=O)[C@H](OC(=O)/C=C/c2ccc(C#N)cc2)c2ccccc2)c1. The van der Waals surface area contributed by atoms with Crippen LogP contribution in [0, 0.1) is 25.2 Å². The van der Waals surface area contributed by atoms with Gasteiger partial charge in [0.2, 0.25) is 6.10 Å². The quantitative estimate of drug-likeness (QED) is 0.452. The molecule has 0 saturated heterocycles. The lowest BCUT2D eigenvalue weighted by molar-refractivity contribution is -0.149. The van der Waals surface area contributed by atoms with Crippen molar-refractivity contribution in [2.24, 2.45) is 0 Å². The zero-order chi connectivity index (χ0) is 22.2. The summed E-state index contributed by atoms with van der Waals surface area (Å²) in [6.45, 7) is 3.84. The van der Waals surface area contributed by atoms with E-state index in [1.165, 1.54) is 6.08 Å². The molecule has 0 aliphatic heterocycles. The third-order valence-corrected chi connectivity index (χ3v) is 4.68. The maximum atomic E-state index is 13.0. The molecule has 31 heavy (non-hydrogen) atoms. The predicted octanol–water partition coefficient (Wildman–Crippen LogP) is 5.11. The van der Waals surface area contributed by atoms with Crippen LogP contribution >= 0.6 is 0 Å². The van der Waals surface area contributed by atoms with Gasteiger partial charge in [-0.2, -0.15) is 5.26 Å². The Morgan fingerprint density at radius 3 is 2.39 bits per heavy atom. The largest absolute Gasteiger partial charge is 0.444 e. The summed E-state index contributed by atoms with van der Waals surface area (Å²) in [6.07, 6.45) is 1.75. The third kappa shape index (κ3) is 5.91. The topological polar surface area (TPSA) is 79.2 Å². The fourth-order valence-electron chi connectivity index (χ4n) is 2.96. The molecule has 0 bridgehead atoms. The van der Waals surface area contributed by atoms with Crippen molar-refractivity contribution < 1.29 is 14.3 Å². The van der Waals surface area contributed by atoms with E-state index in [0.717, 1.165) is 16.7 Å². The second-order valence-corrected chi connectivity index (χ2v) is 7.10. The van der Waals surface area contributed by atoms with Gasteiger partial charge in [-0.05, 0) is 54.8 Å². The molecule has 3 aromatic carbocycles. The Bertz CT molecular complexity index is 1140. The number of nitrogens with one attached hydrogen (secondary N) is 1. The van der Waals surface area contributed by atoms with Crippen molar-refractivity contribution in [3.05, 3.63) is 107 Å². The number of anilines is 1. The lowest BCUT2D eigenvalue weighted by Gasteiger charge is -2.18. The molecule has 0 saturated carbocycles. The van der Waals surface area contributed by atoms with Crippen molar-refractivity contribution in [1.29, 1.82) is 5.26 Å². The highest BCUT2D eigenvalue weighted by atomic mass is 16.5. The van der Waals surface area contributed by atoms with Gasteiger partial charge < -0.3 is 10.1 Å². The number of nitriles is 1. The van der Waals surface area contributed by atoms with Gasteiger partial charge in [-0.25, -0.2) is 4.79 Å². The second kappa shape index (κ2) is 10.0. The Morgan fingerprint density at radius 2 is 1.71 bits per heavy atom. The van der Waals surface area contributed by atoms with Crippen molar-refractivity contribution in [2.45, 2.75) is 20.0 Å². The number of amides is 1. The first-order chi connectivity index (χ1) is 15.0. The average molecular weight is 410 g/mol. The van der Waals surface area contributed by atoms with Crippen LogP contribution < -0.4 is 5.32 Å². The van der Waals surface area contributed by atoms with Gasteiger partial charge in [0, 0.05) is 17.3 Å². The van der Waals surface area contributed by atoms with Crippen LogP contribution in [0.3, 0.4) is 0 Å². The molecule has 1 atom stereocenters. The van der Waals surface area contributed by atoms with Gasteiger partial charge in [0.05, 0.1) is 11.6 Å². The van der Waals surface area contributed by atoms with E-state index in [4.69, 9.17) is 10.00 Å². The van der Waals surface area contributed by atoms with Gasteiger partial charge in [-0.15, -0.1) is 0 Å². The molecule has 154 valence electrons. The van der Waals surface area contributed by atoms with E-state index >= 15 is 0 Å². The van der Waals surface area contributed by atoms with Gasteiger partial charge in [-0.1, -0.05) is 54.6 Å². The molecule has 0 fully saturated rings. The summed E-state index contributed by atoms with van der Waals surface area (Å²) in [5, 5.41) is 11.7. The molecule has 3 rings (SSSR count). The molecule has 0 aliphatic carbocycles. The third-order valence-electron chi connectivity index (χ3n) is 4.68. The highest BCUT2D eigenvalue weighted by Crippen LogP contribution is 2.23. The molecule has 5 nitrogen and oxygen atoms in total. The molecule has 0 aliphatic rings. The van der Waals surface area contributed by atoms with Gasteiger partial charge >= 0.3 is 5.97 Å². The minimum absolute atomic E-state index is 0.431. The van der Waals surface area contributed by atoms with E-state index in [0.29, 0.717) is 16.8 Å². The summed E-state index contributed by atoms with van der Waals surface area (Å²) in [6, 6.07) is 23.5. The van der Waals surface area contributed by atoms with Crippen LogP contribution in [0.25, 0.3) is 6.08 Å². The maximum absolute atomic E-state index is 13.0. The number of rotatable bonds is 6. The number of carbonyl (C=O) groups excluding carboxylic acids is 2. The molecule has 0 radical (unpaired) electrons. The number of hydrogen-bond donors (Lipinski definition) is 1. The number of esters is 1. The van der Waals surface area contributed by atoms with Crippen LogP contribution in [0.2, 0.25) is 0 Å². The second-order valence-electron chi connectivity index (χ2n) is 7.10. The first kappa shape index (κ1) is 21.5. The van der Waals surface area contributed by atoms with E-state index < -0.39 is 18.0 Å². The van der Waals surface area contributed by atoms with Crippen LogP contribution in [0.4, 0.5) is 5.69 Å². The summed E-state index contributed by atoms with van der Waals surface area (Å²) in [5.41, 5.74) is 4.46. The Balaban J connectivity index is 1.78. The number of ether oxygens (including phenoxy) is 1. The Labute approximate surface area is 181 Å². The molecular formula is C26H22N2O3. The summed E-state index contributed by atoms with van der Waals surface area (Å²) in [7, 11) is 0. The van der Waals surface area contributed by atoms with Crippen LogP contribution in [-0.4, -0.2) is 11.9 Å². The monoisotopic (exact) mass is 410 g/mol. The molecule has 0 spiro atoms. The molecule has 0 unspecified atom stereocenters. The fourth-order valence-corrected chi connectivity index (χ4v) is 2.96. The predicted molar refractivity (Wildman–Crippen MR) is 120 cm³/mol. The lowest BCUT2D eigenvalue weighted by atomic mass is 10.1. The van der Waals surface area contributed by atoms with Gasteiger partial charge in [0.15, 0.2) is 0 Å². The number of hydrogen-bond acceptors (Lipinski definition) is 4. The van der Waals surface area contributed by atoms with Crippen molar-refractivity contribution in [3.63, 3.8) is 0 Å². The number of nitrogens with zero attached hydrogens (tertiary/aromatic N) is 1. The Kier molecular flexibility index (Phi) is 6.97. The van der Waals surface area contributed by atoms with Crippen LogP contribution in [-0.2, 0) is 14.3 Å². The molecule has 1 amide bonds. The summed E-state index contributed by atoms with van der Waals surface area (Å²) >= 11 is 0. The van der Waals surface area contributed by atoms with E-state index in [9.17, 15) is 9.59 Å². The standard InChI is InChI=1S/C26H22N2O3/c1-18-8-9-19(2)23(16-18)28-26(30)25(22-6-4-3-5-7-22)31-24(29)15-14-20-10-12-21(17-27)13-11-20/h3-16,25H,1-2H3,(H,28,30)/b15-14+/t25-/m1/s1. The molecule has 3 aromatic rings. The first-order valence-corrected chi connectivity index (χ1v) is 9.78. The van der Waals surface area contributed by atoms with Crippen molar-refractivity contribution in [2.75, 3.05) is 5.32 Å². The molecule has 0 aromatic heterocycles. The molecule has 1 N–H and O–H groups in total. The van der Waals surface area contributed by atoms with Crippen molar-refractivity contribution >= 4 is 23.6 Å². The average Bonchev–Trinajstić information content (AvgIpc) is 2.79. The van der Waals surface area contributed by atoms with Crippen LogP contribution in [0.15, 0.2) is 78.9 Å². The summed E-state index contributed by atoms with van der Waals surface area (Å²) in [4.78, 5) is 25.5. The smallest absolute Gasteiger partial charge is 0.331 e. The van der Waals surface area contributed by atoms with Crippen LogP contribution in [0.1, 0.15) is 33.9 Å². The molecule has 5 heteroatoms. The normalized spacial score (nSPS) is 11.5. The maximum Gasteiger partial charge on any atom is 0.331 e.